The maximum absolute atomic E-state index is 13.4. The first-order chi connectivity index (χ1) is 16.5. The summed E-state index contributed by atoms with van der Waals surface area (Å²) >= 11 is 0. The molecule has 7 nitrogen and oxygen atoms in total. The third kappa shape index (κ3) is 8.98. The molecule has 0 heterocycles. The lowest BCUT2D eigenvalue weighted by molar-refractivity contribution is -0.141. The fourth-order valence-electron chi connectivity index (χ4n) is 3.73. The monoisotopic (exact) mass is 505 g/mol. The Morgan fingerprint density at radius 3 is 2.20 bits per heavy atom. The molecule has 0 spiro atoms. The van der Waals surface area contributed by atoms with Crippen LogP contribution in [0.5, 0.6) is 0 Å². The lowest BCUT2D eigenvalue weighted by Crippen LogP contribution is -2.49. The highest BCUT2D eigenvalue weighted by Gasteiger charge is 2.29. The van der Waals surface area contributed by atoms with Gasteiger partial charge in [-0.05, 0) is 48.6 Å². The summed E-state index contributed by atoms with van der Waals surface area (Å²) in [5.74, 6) is -0.617. The fourth-order valence-corrected chi connectivity index (χ4v) is 4.69. The van der Waals surface area contributed by atoms with Gasteiger partial charge in [0.1, 0.15) is 11.9 Å². The van der Waals surface area contributed by atoms with E-state index in [1.165, 1.54) is 21.3 Å². The zero-order chi connectivity index (χ0) is 26.0. The smallest absolute Gasteiger partial charge is 0.242 e. The molecule has 0 saturated heterocycles. The summed E-state index contributed by atoms with van der Waals surface area (Å²) in [5.41, 5.74) is 1.24. The van der Waals surface area contributed by atoms with Gasteiger partial charge in [-0.3, -0.25) is 13.9 Å². The second-order valence-corrected chi connectivity index (χ2v) is 10.9. The van der Waals surface area contributed by atoms with E-state index < -0.39 is 16.1 Å². The van der Waals surface area contributed by atoms with Crippen molar-refractivity contribution in [3.8, 4) is 0 Å². The Morgan fingerprint density at radius 1 is 1.03 bits per heavy atom. The van der Waals surface area contributed by atoms with E-state index >= 15 is 0 Å². The van der Waals surface area contributed by atoms with E-state index in [9.17, 15) is 22.4 Å². The van der Waals surface area contributed by atoms with Crippen molar-refractivity contribution in [3.63, 3.8) is 0 Å². The quantitative estimate of drug-likeness (QED) is 0.447. The number of halogens is 1. The van der Waals surface area contributed by atoms with Crippen LogP contribution in [-0.2, 0) is 26.2 Å². The number of hydrogen-bond acceptors (Lipinski definition) is 4. The van der Waals surface area contributed by atoms with Crippen molar-refractivity contribution in [2.45, 2.75) is 52.6 Å². The largest absolute Gasteiger partial charge is 0.354 e. The Morgan fingerprint density at radius 2 is 1.66 bits per heavy atom. The van der Waals surface area contributed by atoms with Crippen LogP contribution in [0.1, 0.15) is 45.6 Å². The van der Waals surface area contributed by atoms with E-state index in [-0.39, 0.29) is 49.5 Å². The van der Waals surface area contributed by atoms with Gasteiger partial charge in [0, 0.05) is 26.1 Å². The second-order valence-electron chi connectivity index (χ2n) is 8.99. The minimum Gasteiger partial charge on any atom is -0.354 e. The van der Waals surface area contributed by atoms with Gasteiger partial charge in [0.05, 0.1) is 11.9 Å². The minimum absolute atomic E-state index is 0.0635. The van der Waals surface area contributed by atoms with E-state index in [1.54, 1.807) is 42.5 Å². The van der Waals surface area contributed by atoms with E-state index in [2.05, 4.69) is 5.32 Å². The maximum Gasteiger partial charge on any atom is 0.242 e. The van der Waals surface area contributed by atoms with Gasteiger partial charge in [-0.1, -0.05) is 51.1 Å². The molecule has 0 aliphatic heterocycles. The summed E-state index contributed by atoms with van der Waals surface area (Å²) in [6.07, 6.45) is 1.89. The zero-order valence-electron chi connectivity index (χ0n) is 20.9. The predicted molar refractivity (Wildman–Crippen MR) is 137 cm³/mol. The zero-order valence-corrected chi connectivity index (χ0v) is 21.7. The Labute approximate surface area is 208 Å². The highest BCUT2D eigenvalue weighted by molar-refractivity contribution is 7.92. The number of nitrogens with zero attached hydrogens (tertiary/aromatic N) is 2. The van der Waals surface area contributed by atoms with Gasteiger partial charge < -0.3 is 10.2 Å². The van der Waals surface area contributed by atoms with Crippen molar-refractivity contribution in [2.24, 2.45) is 5.92 Å². The number of benzene rings is 2. The number of anilines is 1. The third-order valence-corrected chi connectivity index (χ3v) is 6.73. The fraction of sp³-hybridized carbons (Fsp3) is 0.462. The van der Waals surface area contributed by atoms with E-state index in [0.29, 0.717) is 24.2 Å². The van der Waals surface area contributed by atoms with Crippen LogP contribution in [-0.4, -0.2) is 50.5 Å². The molecule has 0 aromatic heterocycles. The molecule has 35 heavy (non-hydrogen) atoms. The van der Waals surface area contributed by atoms with E-state index in [4.69, 9.17) is 0 Å². The van der Waals surface area contributed by atoms with Crippen molar-refractivity contribution >= 4 is 27.5 Å². The van der Waals surface area contributed by atoms with Gasteiger partial charge in [-0.2, -0.15) is 0 Å². The SMILES string of the molecule is CCC(C(=O)NCC(C)C)N(Cc1ccc(F)cc1)C(=O)CCCN(c1ccccc1)S(C)(=O)=O. The summed E-state index contributed by atoms with van der Waals surface area (Å²) in [5, 5.41) is 2.90. The van der Waals surface area contributed by atoms with Crippen LogP contribution < -0.4 is 9.62 Å². The van der Waals surface area contributed by atoms with Gasteiger partial charge in [-0.25, -0.2) is 12.8 Å². The number of para-hydroxylation sites is 1. The molecule has 192 valence electrons. The van der Waals surface area contributed by atoms with E-state index in [0.717, 1.165) is 6.26 Å². The molecule has 0 saturated carbocycles. The van der Waals surface area contributed by atoms with Crippen LogP contribution in [0, 0.1) is 11.7 Å². The number of rotatable bonds is 13. The molecule has 2 amide bonds. The van der Waals surface area contributed by atoms with Gasteiger partial charge in [-0.15, -0.1) is 0 Å². The van der Waals surface area contributed by atoms with Crippen molar-refractivity contribution in [1.82, 2.24) is 10.2 Å². The van der Waals surface area contributed by atoms with Crippen molar-refractivity contribution < 1.29 is 22.4 Å². The molecule has 2 aromatic rings. The van der Waals surface area contributed by atoms with Crippen LogP contribution in [0.15, 0.2) is 54.6 Å². The van der Waals surface area contributed by atoms with Crippen molar-refractivity contribution in [2.75, 3.05) is 23.7 Å². The molecule has 0 aliphatic rings. The lowest BCUT2D eigenvalue weighted by atomic mass is 10.1. The van der Waals surface area contributed by atoms with Crippen LogP contribution in [0.4, 0.5) is 10.1 Å². The standard InChI is InChI=1S/C26H36FN3O4S/c1-5-24(26(32)28-18-20(2)3)29(19-21-13-15-22(27)16-14-21)25(31)12-9-17-30(35(4,33)34)23-10-7-6-8-11-23/h6-8,10-11,13-16,20,24H,5,9,12,17-19H2,1-4H3,(H,28,32). The van der Waals surface area contributed by atoms with E-state index in [1.807, 2.05) is 20.8 Å². The molecule has 0 aliphatic carbocycles. The van der Waals surface area contributed by atoms with Crippen LogP contribution in [0.2, 0.25) is 0 Å². The Hall–Kier alpha value is -2.94. The summed E-state index contributed by atoms with van der Waals surface area (Å²) in [6.45, 7) is 6.60. The van der Waals surface area contributed by atoms with Crippen LogP contribution >= 0.6 is 0 Å². The normalized spacial score (nSPS) is 12.3. The van der Waals surface area contributed by atoms with Gasteiger partial charge in [0.25, 0.3) is 0 Å². The van der Waals surface area contributed by atoms with Crippen molar-refractivity contribution in [3.05, 3.63) is 66.0 Å². The molecule has 2 aromatic carbocycles. The average molecular weight is 506 g/mol. The molecule has 9 heteroatoms. The first kappa shape index (κ1) is 28.3. The maximum atomic E-state index is 13.4. The molecule has 0 bridgehead atoms. The number of carbonyl (C=O) groups is 2. The summed E-state index contributed by atoms with van der Waals surface area (Å²) < 4.78 is 39.3. The summed E-state index contributed by atoms with van der Waals surface area (Å²) in [4.78, 5) is 27.8. The Bertz CT molecular complexity index is 1060. The minimum atomic E-state index is -3.53. The Kier molecular flexibility index (Phi) is 10.7. The number of sulfonamides is 1. The molecule has 1 atom stereocenters. The number of nitrogens with one attached hydrogen (secondary N) is 1. The number of amides is 2. The van der Waals surface area contributed by atoms with Gasteiger partial charge >= 0.3 is 0 Å². The molecular weight excluding hydrogens is 469 g/mol. The highest BCUT2D eigenvalue weighted by atomic mass is 32.2. The molecule has 1 N–H and O–H groups in total. The molecule has 0 fully saturated rings. The van der Waals surface area contributed by atoms with Crippen LogP contribution in [0.3, 0.4) is 0 Å². The number of hydrogen-bond donors (Lipinski definition) is 1. The topological polar surface area (TPSA) is 86.8 Å². The number of carbonyl (C=O) groups excluding carboxylic acids is 2. The lowest BCUT2D eigenvalue weighted by Gasteiger charge is -2.31. The first-order valence-corrected chi connectivity index (χ1v) is 13.7. The van der Waals surface area contributed by atoms with Gasteiger partial charge in [0.15, 0.2) is 0 Å². The third-order valence-electron chi connectivity index (χ3n) is 5.53. The molecule has 1 unspecified atom stereocenters. The van der Waals surface area contributed by atoms with Crippen molar-refractivity contribution in [1.29, 1.82) is 0 Å². The van der Waals surface area contributed by atoms with Crippen LogP contribution in [0.25, 0.3) is 0 Å². The highest BCUT2D eigenvalue weighted by Crippen LogP contribution is 2.19. The predicted octanol–water partition coefficient (Wildman–Crippen LogP) is 3.95. The molecule has 2 rings (SSSR count). The van der Waals surface area contributed by atoms with Gasteiger partial charge in [0.2, 0.25) is 21.8 Å². The molecular formula is C26H36FN3O4S. The summed E-state index contributed by atoms with van der Waals surface area (Å²) in [6, 6.07) is 13.9. The summed E-state index contributed by atoms with van der Waals surface area (Å²) in [7, 11) is -3.53. The molecule has 0 radical (unpaired) electrons. The Balaban J connectivity index is 2.18. The average Bonchev–Trinajstić information content (AvgIpc) is 2.81. The first-order valence-electron chi connectivity index (χ1n) is 11.9. The second kappa shape index (κ2) is 13.2.